The van der Waals surface area contributed by atoms with Gasteiger partial charge in [-0.3, -0.25) is 0 Å². The van der Waals surface area contributed by atoms with E-state index in [9.17, 15) is 0 Å². The van der Waals surface area contributed by atoms with E-state index in [1.165, 1.54) is 32.7 Å². The fourth-order valence-corrected chi connectivity index (χ4v) is 3.67. The number of hydrogen-bond donors (Lipinski definition) is 0. The molecule has 0 nitrogen and oxygen atoms in total. The van der Waals surface area contributed by atoms with E-state index in [1.807, 2.05) is 12.1 Å². The first kappa shape index (κ1) is 13.8. The molecule has 1 atom stereocenters. The van der Waals surface area contributed by atoms with Crippen molar-refractivity contribution in [3.8, 4) is 11.1 Å². The third kappa shape index (κ3) is 2.11. The first-order valence-electron chi connectivity index (χ1n) is 7.20. The molecule has 0 bridgehead atoms. The summed E-state index contributed by atoms with van der Waals surface area (Å²) < 4.78 is 0. The maximum Gasteiger partial charge on any atom is 0.0490 e. The van der Waals surface area contributed by atoms with Crippen LogP contribution in [0.25, 0.3) is 32.7 Å². The molecule has 0 aliphatic rings. The van der Waals surface area contributed by atoms with Gasteiger partial charge in [0.1, 0.15) is 0 Å². The van der Waals surface area contributed by atoms with Crippen molar-refractivity contribution >= 4 is 47.7 Å². The van der Waals surface area contributed by atoms with Gasteiger partial charge in [-0.2, -0.15) is 0 Å². The van der Waals surface area contributed by atoms with Gasteiger partial charge in [0.25, 0.3) is 0 Å². The lowest BCUT2D eigenvalue weighted by molar-refractivity contribution is 1.71. The average Bonchev–Trinajstić information content (AvgIpc) is 2.56. The van der Waals surface area contributed by atoms with Crippen LogP contribution in [-0.2, 0) is 0 Å². The number of rotatable bonds is 1. The molecule has 0 amide bonds. The molecule has 4 rings (SSSR count). The largest absolute Gasteiger partial charge is 0.103 e. The number of hydrogen-bond acceptors (Lipinski definition) is 0. The summed E-state index contributed by atoms with van der Waals surface area (Å²) in [5.41, 5.74) is 2.42. The molecule has 1 unspecified atom stereocenters. The molecule has 0 N–H and O–H groups in total. The first-order chi connectivity index (χ1) is 10.8. The van der Waals surface area contributed by atoms with E-state index in [1.54, 1.807) is 0 Å². The summed E-state index contributed by atoms with van der Waals surface area (Å²) in [6.45, 7) is 0. The summed E-state index contributed by atoms with van der Waals surface area (Å²) >= 11 is 6.47. The Kier molecular flexibility index (Phi) is 3.37. The molecule has 0 aromatic heterocycles. The zero-order valence-electron chi connectivity index (χ0n) is 11.9. The third-order valence-electron chi connectivity index (χ3n) is 4.10. The molecule has 4 aromatic rings. The van der Waals surface area contributed by atoms with E-state index in [2.05, 4.69) is 69.9 Å². The maximum absolute atomic E-state index is 6.47. The van der Waals surface area contributed by atoms with Gasteiger partial charge < -0.3 is 0 Å². The van der Waals surface area contributed by atoms with Crippen LogP contribution in [0.1, 0.15) is 0 Å². The lowest BCUT2D eigenvalue weighted by atomic mass is 9.94. The van der Waals surface area contributed by atoms with Crippen LogP contribution < -0.4 is 5.30 Å². The van der Waals surface area contributed by atoms with Crippen molar-refractivity contribution in [3.63, 3.8) is 0 Å². The second kappa shape index (κ2) is 5.39. The van der Waals surface area contributed by atoms with E-state index in [0.29, 0.717) is 0 Å². The van der Waals surface area contributed by atoms with Crippen LogP contribution >= 0.6 is 20.8 Å². The molecule has 0 heterocycles. The summed E-state index contributed by atoms with van der Waals surface area (Å²) in [5, 5.41) is 6.73. The summed E-state index contributed by atoms with van der Waals surface area (Å²) in [6, 6.07) is 25.3. The van der Waals surface area contributed by atoms with Crippen LogP contribution in [0.2, 0.25) is 5.02 Å². The molecular formula is C20H14ClP. The average molecular weight is 321 g/mol. The molecule has 0 fully saturated rings. The highest BCUT2D eigenvalue weighted by molar-refractivity contribution is 7.28. The molecule has 22 heavy (non-hydrogen) atoms. The van der Waals surface area contributed by atoms with Crippen LogP contribution in [0.4, 0.5) is 0 Å². The highest BCUT2D eigenvalue weighted by atomic mass is 35.5. The zero-order valence-corrected chi connectivity index (χ0v) is 13.8. The first-order valence-corrected chi connectivity index (χ1v) is 8.16. The molecule has 0 radical (unpaired) electrons. The van der Waals surface area contributed by atoms with Crippen LogP contribution in [0.5, 0.6) is 0 Å². The Balaban J connectivity index is 2.19. The number of fused-ring (bicyclic) bond motifs is 2. The Hall–Kier alpha value is -1.88. The second-order valence-corrected chi connectivity index (χ2v) is 6.38. The van der Waals surface area contributed by atoms with E-state index in [0.717, 1.165) is 10.3 Å². The van der Waals surface area contributed by atoms with Crippen molar-refractivity contribution in [3.05, 3.63) is 77.8 Å². The van der Waals surface area contributed by atoms with Gasteiger partial charge in [-0.25, -0.2) is 0 Å². The van der Waals surface area contributed by atoms with Gasteiger partial charge in [-0.05, 0) is 44.0 Å². The molecule has 0 aliphatic carbocycles. The SMILES string of the molecule is Pc1c(Cl)cc2ccccc2c1-c1cccc2ccccc12. The Morgan fingerprint density at radius 1 is 0.682 bits per heavy atom. The maximum atomic E-state index is 6.47. The summed E-state index contributed by atoms with van der Waals surface area (Å²) in [4.78, 5) is 0. The summed E-state index contributed by atoms with van der Waals surface area (Å²) in [5.74, 6) is 0. The van der Waals surface area contributed by atoms with Gasteiger partial charge in [0.2, 0.25) is 0 Å². The highest BCUT2D eigenvalue weighted by Gasteiger charge is 2.13. The standard InChI is InChI=1S/C20H14ClP/c21-18-12-14-7-2-4-10-16(14)19(20(18)22)17-11-5-8-13-6-1-3-9-15(13)17/h1-12H,22H2. The number of benzene rings is 4. The lowest BCUT2D eigenvalue weighted by Gasteiger charge is -2.14. The lowest BCUT2D eigenvalue weighted by Crippen LogP contribution is -2.00. The molecule has 0 spiro atoms. The highest BCUT2D eigenvalue weighted by Crippen LogP contribution is 2.35. The Bertz CT molecular complexity index is 1000. The van der Waals surface area contributed by atoms with Gasteiger partial charge >= 0.3 is 0 Å². The molecule has 0 saturated heterocycles. The smallest absolute Gasteiger partial charge is 0.0490 e. The molecule has 0 saturated carbocycles. The quantitative estimate of drug-likeness (QED) is 0.388. The molecule has 4 aromatic carbocycles. The van der Waals surface area contributed by atoms with E-state index >= 15 is 0 Å². The van der Waals surface area contributed by atoms with Crippen molar-refractivity contribution in [1.82, 2.24) is 0 Å². The monoisotopic (exact) mass is 320 g/mol. The fraction of sp³-hybridized carbons (Fsp3) is 0. The molecule has 2 heteroatoms. The Labute approximate surface area is 136 Å². The van der Waals surface area contributed by atoms with Gasteiger partial charge in [0.05, 0.1) is 0 Å². The predicted molar refractivity (Wildman–Crippen MR) is 101 cm³/mol. The molecule has 0 aliphatic heterocycles. The molecular weight excluding hydrogens is 307 g/mol. The second-order valence-electron chi connectivity index (χ2n) is 5.39. The minimum atomic E-state index is 0.784. The van der Waals surface area contributed by atoms with Crippen molar-refractivity contribution < 1.29 is 0 Å². The minimum Gasteiger partial charge on any atom is -0.103 e. The van der Waals surface area contributed by atoms with Crippen molar-refractivity contribution in [2.75, 3.05) is 0 Å². The summed E-state index contributed by atoms with van der Waals surface area (Å²) in [7, 11) is 2.81. The predicted octanol–water partition coefficient (Wildman–Crippen LogP) is 5.81. The van der Waals surface area contributed by atoms with Gasteiger partial charge in [0, 0.05) is 5.02 Å². The van der Waals surface area contributed by atoms with E-state index < -0.39 is 0 Å². The summed E-state index contributed by atoms with van der Waals surface area (Å²) in [6.07, 6.45) is 0. The van der Waals surface area contributed by atoms with Crippen LogP contribution in [0, 0.1) is 0 Å². The van der Waals surface area contributed by atoms with Crippen molar-refractivity contribution in [2.45, 2.75) is 0 Å². The van der Waals surface area contributed by atoms with Crippen LogP contribution in [-0.4, -0.2) is 0 Å². The van der Waals surface area contributed by atoms with Crippen molar-refractivity contribution in [2.24, 2.45) is 0 Å². The Morgan fingerprint density at radius 3 is 2.14 bits per heavy atom. The van der Waals surface area contributed by atoms with Crippen LogP contribution in [0.15, 0.2) is 72.8 Å². The van der Waals surface area contributed by atoms with Gasteiger partial charge in [0.15, 0.2) is 0 Å². The van der Waals surface area contributed by atoms with E-state index in [-0.39, 0.29) is 0 Å². The van der Waals surface area contributed by atoms with Gasteiger partial charge in [-0.15, -0.1) is 9.24 Å². The minimum absolute atomic E-state index is 0.784. The molecule has 106 valence electrons. The third-order valence-corrected chi connectivity index (χ3v) is 5.19. The van der Waals surface area contributed by atoms with E-state index in [4.69, 9.17) is 11.6 Å². The van der Waals surface area contributed by atoms with Crippen LogP contribution in [0.3, 0.4) is 0 Å². The topological polar surface area (TPSA) is 0 Å². The zero-order chi connectivity index (χ0) is 15.1. The Morgan fingerprint density at radius 2 is 1.32 bits per heavy atom. The normalized spacial score (nSPS) is 11.2. The van der Waals surface area contributed by atoms with Gasteiger partial charge in [-0.1, -0.05) is 78.3 Å². The van der Waals surface area contributed by atoms with Crippen molar-refractivity contribution in [1.29, 1.82) is 0 Å². The fourth-order valence-electron chi connectivity index (χ4n) is 3.06. The number of halogens is 1.